The van der Waals surface area contributed by atoms with Crippen LogP contribution in [0.3, 0.4) is 0 Å². The monoisotopic (exact) mass is 219 g/mol. The third-order valence-corrected chi connectivity index (χ3v) is 2.36. The number of benzene rings is 1. The van der Waals surface area contributed by atoms with Crippen LogP contribution in [0.15, 0.2) is 33.5 Å². The van der Waals surface area contributed by atoms with Gasteiger partial charge in [0.25, 0.3) is 0 Å². The van der Waals surface area contributed by atoms with E-state index in [0.717, 1.165) is 17.1 Å². The van der Waals surface area contributed by atoms with E-state index in [9.17, 15) is 4.79 Å². The lowest BCUT2D eigenvalue weighted by Gasteiger charge is -1.93. The molecule has 4 heteroatoms. The zero-order valence-electron chi connectivity index (χ0n) is 8.14. The summed E-state index contributed by atoms with van der Waals surface area (Å²) in [6.45, 7) is 2.03. The predicted octanol–water partition coefficient (Wildman–Crippen LogP) is 2.58. The first-order valence-corrected chi connectivity index (χ1v) is 5.23. The molecule has 0 aliphatic carbocycles. The summed E-state index contributed by atoms with van der Waals surface area (Å²) in [6, 6.07) is 8.03. The van der Waals surface area contributed by atoms with Gasteiger partial charge in [-0.3, -0.25) is 0 Å². The second kappa shape index (κ2) is 4.23. The van der Waals surface area contributed by atoms with Crippen LogP contribution < -0.4 is 4.94 Å². The van der Waals surface area contributed by atoms with Crippen LogP contribution >= 0.6 is 11.5 Å². The van der Waals surface area contributed by atoms with Gasteiger partial charge < -0.3 is 4.42 Å². The van der Waals surface area contributed by atoms with Crippen molar-refractivity contribution in [1.82, 2.24) is 4.37 Å². The Hall–Kier alpha value is -1.68. The number of aryl methyl sites for hydroxylation is 1. The molecule has 0 fully saturated rings. The number of hydrogen-bond donors (Lipinski definition) is 0. The van der Waals surface area contributed by atoms with Crippen LogP contribution in [0.5, 0.6) is 0 Å². The molecule has 2 aromatic rings. The summed E-state index contributed by atoms with van der Waals surface area (Å²) >= 11 is 0.819. The highest BCUT2D eigenvalue weighted by atomic mass is 32.1. The normalized spacial score (nSPS) is 11.0. The first-order valence-electron chi connectivity index (χ1n) is 4.45. The van der Waals surface area contributed by atoms with Crippen LogP contribution in [0.2, 0.25) is 0 Å². The maximum absolute atomic E-state index is 10.7. The van der Waals surface area contributed by atoms with E-state index in [-0.39, 0.29) is 4.94 Å². The average molecular weight is 219 g/mol. The van der Waals surface area contributed by atoms with Gasteiger partial charge in [0, 0.05) is 6.08 Å². The molecule has 1 aromatic heterocycles. The van der Waals surface area contributed by atoms with Gasteiger partial charge in [-0.05, 0) is 18.6 Å². The summed E-state index contributed by atoms with van der Waals surface area (Å²) in [5, 5.41) is 0. The van der Waals surface area contributed by atoms with E-state index in [0.29, 0.717) is 5.89 Å². The van der Waals surface area contributed by atoms with Gasteiger partial charge in [0.1, 0.15) is 0 Å². The van der Waals surface area contributed by atoms with Crippen LogP contribution in [-0.2, 0) is 0 Å². The number of aromatic nitrogens is 1. The van der Waals surface area contributed by atoms with Crippen molar-refractivity contribution in [1.29, 1.82) is 0 Å². The predicted molar refractivity (Wildman–Crippen MR) is 60.8 cm³/mol. The molecule has 0 aliphatic heterocycles. The second-order valence-electron chi connectivity index (χ2n) is 3.12. The first kappa shape index (κ1) is 9.86. The zero-order chi connectivity index (χ0) is 10.7. The number of nitrogens with zero attached hydrogens (tertiary/aromatic N) is 1. The summed E-state index contributed by atoms with van der Waals surface area (Å²) < 4.78 is 8.63. The lowest BCUT2D eigenvalue weighted by atomic mass is 10.1. The smallest absolute Gasteiger partial charge is 0.395 e. The third kappa shape index (κ3) is 2.63. The molecular weight excluding hydrogens is 210 g/mol. The standard InChI is InChI=1S/C11H9NO2S/c1-8-3-2-4-9(7-8)5-6-10-12-15-11(13)14-10/h2-7H,1H3/b6-5+. The molecule has 0 unspecified atom stereocenters. The summed E-state index contributed by atoms with van der Waals surface area (Å²) in [5.41, 5.74) is 2.25. The van der Waals surface area contributed by atoms with E-state index in [1.165, 1.54) is 5.56 Å². The molecule has 0 aliphatic rings. The molecule has 0 saturated heterocycles. The van der Waals surface area contributed by atoms with Gasteiger partial charge in [-0.25, -0.2) is 4.79 Å². The molecule has 0 radical (unpaired) electrons. The minimum atomic E-state index is -0.376. The lowest BCUT2D eigenvalue weighted by molar-refractivity contribution is 0.516. The lowest BCUT2D eigenvalue weighted by Crippen LogP contribution is -1.81. The minimum absolute atomic E-state index is 0.353. The molecule has 15 heavy (non-hydrogen) atoms. The SMILES string of the molecule is Cc1cccc(/C=C/c2nsc(=O)o2)c1. The van der Waals surface area contributed by atoms with Crippen molar-refractivity contribution in [3.05, 3.63) is 51.0 Å². The molecular formula is C11H9NO2S. The van der Waals surface area contributed by atoms with Gasteiger partial charge in [-0.15, -0.1) is 4.37 Å². The Morgan fingerprint density at radius 2 is 2.27 bits per heavy atom. The van der Waals surface area contributed by atoms with E-state index in [4.69, 9.17) is 4.42 Å². The Kier molecular flexibility index (Phi) is 2.78. The molecule has 0 bridgehead atoms. The van der Waals surface area contributed by atoms with E-state index >= 15 is 0 Å². The topological polar surface area (TPSA) is 43.1 Å². The fourth-order valence-corrected chi connectivity index (χ4v) is 1.60. The first-order chi connectivity index (χ1) is 7.24. The summed E-state index contributed by atoms with van der Waals surface area (Å²) in [6.07, 6.45) is 3.55. The minimum Gasteiger partial charge on any atom is -0.395 e. The molecule has 1 heterocycles. The highest BCUT2D eigenvalue weighted by Gasteiger charge is 1.95. The average Bonchev–Trinajstić information content (AvgIpc) is 2.62. The Bertz CT molecular complexity index is 539. The summed E-state index contributed by atoms with van der Waals surface area (Å²) in [5.74, 6) is 0.353. The largest absolute Gasteiger partial charge is 0.414 e. The van der Waals surface area contributed by atoms with Crippen LogP contribution in [0, 0.1) is 6.92 Å². The molecule has 3 nitrogen and oxygen atoms in total. The van der Waals surface area contributed by atoms with Crippen molar-refractivity contribution in [3.63, 3.8) is 0 Å². The molecule has 2 rings (SSSR count). The van der Waals surface area contributed by atoms with Crippen LogP contribution in [0.25, 0.3) is 12.2 Å². The fourth-order valence-electron chi connectivity index (χ4n) is 1.21. The summed E-state index contributed by atoms with van der Waals surface area (Å²) in [7, 11) is 0. The molecule has 1 aromatic carbocycles. The van der Waals surface area contributed by atoms with Gasteiger partial charge in [0.05, 0.1) is 11.5 Å². The van der Waals surface area contributed by atoms with Crippen molar-refractivity contribution in [3.8, 4) is 0 Å². The Labute approximate surface area is 90.9 Å². The molecule has 0 atom stereocenters. The maximum Gasteiger partial charge on any atom is 0.414 e. The molecule has 0 amide bonds. The van der Waals surface area contributed by atoms with Crippen molar-refractivity contribution < 1.29 is 4.42 Å². The molecule has 0 N–H and O–H groups in total. The van der Waals surface area contributed by atoms with Crippen molar-refractivity contribution in [2.45, 2.75) is 6.92 Å². The molecule has 76 valence electrons. The fraction of sp³-hybridized carbons (Fsp3) is 0.0909. The maximum atomic E-state index is 10.7. The second-order valence-corrected chi connectivity index (χ2v) is 3.82. The van der Waals surface area contributed by atoms with Gasteiger partial charge in [-0.2, -0.15) is 0 Å². The van der Waals surface area contributed by atoms with Gasteiger partial charge in [-0.1, -0.05) is 29.8 Å². The zero-order valence-corrected chi connectivity index (χ0v) is 8.95. The molecule has 0 spiro atoms. The van der Waals surface area contributed by atoms with E-state index in [2.05, 4.69) is 4.37 Å². The van der Waals surface area contributed by atoms with E-state index in [1.54, 1.807) is 6.08 Å². The van der Waals surface area contributed by atoms with Crippen LogP contribution in [0.1, 0.15) is 17.0 Å². The van der Waals surface area contributed by atoms with Gasteiger partial charge in [0.15, 0.2) is 0 Å². The van der Waals surface area contributed by atoms with Crippen molar-refractivity contribution in [2.75, 3.05) is 0 Å². The van der Waals surface area contributed by atoms with Gasteiger partial charge in [0.2, 0.25) is 5.89 Å². The van der Waals surface area contributed by atoms with Crippen molar-refractivity contribution in [2.24, 2.45) is 0 Å². The molecule has 0 saturated carbocycles. The van der Waals surface area contributed by atoms with E-state index in [1.807, 2.05) is 37.3 Å². The third-order valence-electron chi connectivity index (χ3n) is 1.86. The Morgan fingerprint density at radius 1 is 1.40 bits per heavy atom. The number of rotatable bonds is 2. The van der Waals surface area contributed by atoms with Gasteiger partial charge >= 0.3 is 4.94 Å². The Morgan fingerprint density at radius 3 is 2.93 bits per heavy atom. The Balaban J connectivity index is 2.21. The highest BCUT2D eigenvalue weighted by molar-refractivity contribution is 7.02. The van der Waals surface area contributed by atoms with E-state index < -0.39 is 0 Å². The van der Waals surface area contributed by atoms with Crippen molar-refractivity contribution >= 4 is 23.7 Å². The van der Waals surface area contributed by atoms with Crippen LogP contribution in [-0.4, -0.2) is 4.37 Å². The quantitative estimate of drug-likeness (QED) is 0.779. The summed E-state index contributed by atoms with van der Waals surface area (Å²) in [4.78, 5) is 10.3. The van der Waals surface area contributed by atoms with Crippen LogP contribution in [0.4, 0.5) is 0 Å². The highest BCUT2D eigenvalue weighted by Crippen LogP contribution is 2.08. The number of hydrogen-bond acceptors (Lipinski definition) is 4.